The van der Waals surface area contributed by atoms with Crippen molar-refractivity contribution in [3.8, 4) is 5.88 Å². The van der Waals surface area contributed by atoms with Gasteiger partial charge < -0.3 is 34.7 Å². The number of rotatable bonds is 12. The first-order valence-electron chi connectivity index (χ1n) is 26.3. The average molecular weight is 1040 g/mol. The minimum atomic E-state index is -4.66. The van der Waals surface area contributed by atoms with E-state index < -0.39 is 49.1 Å². The normalized spacial score (nSPS) is 26.7. The molecule has 5 aromatic rings. The summed E-state index contributed by atoms with van der Waals surface area (Å²) in [5.41, 5.74) is 3.91. The molecular weight excluding hydrogens is 971 g/mol. The molecule has 74 heavy (non-hydrogen) atoms. The van der Waals surface area contributed by atoms with Crippen LogP contribution in [0.15, 0.2) is 83.9 Å². The number of halogens is 2. The third-order valence-corrected chi connectivity index (χ3v) is 18.5. The van der Waals surface area contributed by atoms with Gasteiger partial charge in [0.15, 0.2) is 0 Å². The van der Waals surface area contributed by atoms with Crippen molar-refractivity contribution in [1.29, 1.82) is 0 Å². The van der Waals surface area contributed by atoms with Crippen LogP contribution in [0.1, 0.15) is 125 Å². The summed E-state index contributed by atoms with van der Waals surface area (Å²) in [5.74, 6) is -2.87. The zero-order chi connectivity index (χ0) is 51.7. The van der Waals surface area contributed by atoms with Gasteiger partial charge in [0.2, 0.25) is 5.88 Å². The number of piperidine rings is 2. The number of aliphatic hydroxyl groups is 1. The van der Waals surface area contributed by atoms with E-state index in [0.29, 0.717) is 74.8 Å². The van der Waals surface area contributed by atoms with Crippen molar-refractivity contribution >= 4 is 55.4 Å². The Hall–Kier alpha value is -5.89. The van der Waals surface area contributed by atoms with Gasteiger partial charge in [0.1, 0.15) is 23.1 Å². The fourth-order valence-corrected chi connectivity index (χ4v) is 13.9. The second kappa shape index (κ2) is 19.4. The molecule has 11 rings (SSSR count). The average Bonchev–Trinajstić information content (AvgIpc) is 3.83. The van der Waals surface area contributed by atoms with E-state index in [4.69, 9.17) is 14.5 Å². The number of hydrogen-bond acceptors (Lipinski definition) is 13. The quantitative estimate of drug-likeness (QED) is 0.0682. The van der Waals surface area contributed by atoms with Crippen molar-refractivity contribution in [2.75, 3.05) is 54.5 Å². The zero-order valence-corrected chi connectivity index (χ0v) is 43.0. The summed E-state index contributed by atoms with van der Waals surface area (Å²) in [6.07, 6.45) is 8.29. The maximum absolute atomic E-state index is 15.2. The first-order chi connectivity index (χ1) is 35.3. The fraction of sp³-hybridized carbons (Fsp3) is 0.527. The highest BCUT2D eigenvalue weighted by atomic mass is 32.2. The monoisotopic (exact) mass is 1040 g/mol. The molecular formula is C55H66F2N8O8S. The van der Waals surface area contributed by atoms with Gasteiger partial charge in [-0.2, -0.15) is 4.98 Å². The minimum Gasteiger partial charge on any atom is -0.468 e. The molecule has 0 bridgehead atoms. The largest absolute Gasteiger partial charge is 0.468 e. The van der Waals surface area contributed by atoms with Crippen LogP contribution in [0.2, 0.25) is 0 Å². The third kappa shape index (κ3) is 9.80. The zero-order valence-electron chi connectivity index (χ0n) is 42.2. The highest BCUT2D eigenvalue weighted by molar-refractivity contribution is 7.90. The second-order valence-corrected chi connectivity index (χ2v) is 24.2. The molecule has 19 heteroatoms. The van der Waals surface area contributed by atoms with Gasteiger partial charge in [-0.15, -0.1) is 0 Å². The number of anilines is 4. The first kappa shape index (κ1) is 50.3. The topological polar surface area (TPSA) is 196 Å². The molecule has 3 saturated heterocycles. The number of pyridine rings is 1. The van der Waals surface area contributed by atoms with Crippen LogP contribution in [0.3, 0.4) is 0 Å². The Labute approximate surface area is 430 Å². The molecule has 6 aliphatic rings. The van der Waals surface area contributed by atoms with E-state index in [0.717, 1.165) is 61.2 Å². The Morgan fingerprint density at radius 3 is 2.50 bits per heavy atom. The molecule has 3 aromatic carbocycles. The molecule has 2 aliphatic carbocycles. The SMILES string of the molecule is CC(C)c1ccccc1[C@@H]1CCC(F)(F)CN1C1CC2(CCN(c3ccc(C(=O)NS(=O)(=O)c4ccc(NCC5CCC(C)(O)CC5)c([N+](=O)[O-])c4)c(N4c5cc6cc[nH]c6nc5O[C@H]5COCC[C@@H]54)c3)CC2)C1. The van der Waals surface area contributed by atoms with Crippen molar-refractivity contribution in [2.45, 2.75) is 138 Å². The van der Waals surface area contributed by atoms with Crippen LogP contribution in [-0.2, 0) is 14.8 Å². The number of nitro benzene ring substituents is 1. The van der Waals surface area contributed by atoms with Crippen LogP contribution >= 0.6 is 0 Å². The number of carbonyl (C=O) groups excluding carboxylic acids is 1. The van der Waals surface area contributed by atoms with E-state index in [9.17, 15) is 28.4 Å². The number of carbonyl (C=O) groups is 1. The molecule has 4 aliphatic heterocycles. The summed E-state index contributed by atoms with van der Waals surface area (Å²) < 4.78 is 73.4. The predicted octanol–water partition coefficient (Wildman–Crippen LogP) is 9.98. The van der Waals surface area contributed by atoms with Crippen molar-refractivity contribution in [1.82, 2.24) is 19.6 Å². The van der Waals surface area contributed by atoms with E-state index >= 15 is 8.78 Å². The Morgan fingerprint density at radius 2 is 1.74 bits per heavy atom. The minimum absolute atomic E-state index is 0.0148. The number of fused-ring (bicyclic) bond motifs is 3. The highest BCUT2D eigenvalue weighted by Crippen LogP contribution is 2.55. The number of nitrogens with zero attached hydrogens (tertiary/aromatic N) is 5. The van der Waals surface area contributed by atoms with Gasteiger partial charge in [0.05, 0.1) is 45.9 Å². The van der Waals surface area contributed by atoms with Gasteiger partial charge in [-0.3, -0.25) is 19.8 Å². The number of hydrogen-bond donors (Lipinski definition) is 4. The Balaban J connectivity index is 0.868. The van der Waals surface area contributed by atoms with Gasteiger partial charge in [-0.05, 0) is 142 Å². The highest BCUT2D eigenvalue weighted by Gasteiger charge is 2.53. The molecule has 5 fully saturated rings. The lowest BCUT2D eigenvalue weighted by atomic mass is 9.59. The summed E-state index contributed by atoms with van der Waals surface area (Å²) >= 11 is 0. The molecule has 2 saturated carbocycles. The molecule has 0 radical (unpaired) electrons. The van der Waals surface area contributed by atoms with Crippen LogP contribution in [0.4, 0.5) is 37.2 Å². The Bertz CT molecular complexity index is 3050. The number of aromatic amines is 1. The molecule has 16 nitrogen and oxygen atoms in total. The fourth-order valence-electron chi connectivity index (χ4n) is 12.9. The summed E-state index contributed by atoms with van der Waals surface area (Å²) in [6.45, 7) is 8.38. The number of ether oxygens (including phenoxy) is 2. The van der Waals surface area contributed by atoms with Gasteiger partial charge in [-0.1, -0.05) is 38.1 Å². The molecule has 394 valence electrons. The standard InChI is InChI=1S/C55H66F2N8O8S/c1-34(2)40-6-4-5-7-41(40)44-14-19-55(56,57)33-63(44)38-29-54(30-38)20-23-62(24-21-54)37-8-10-42(46(27-37)64-45-16-25-72-32-49(45)73-52-48(64)26-36-15-22-58-50(36)60-52)51(66)61-74(70,71)39-9-11-43(47(28-39)65(68)69)59-31-35-12-17-53(3,67)18-13-35/h4-11,15,22,26-28,34-35,38,44-45,49,59,67H,12-14,16-21,23-25,29-33H2,1-3H3,(H,58,60)(H,61,66)/t35?,44-,45-,49-,53?/m0/s1. The van der Waals surface area contributed by atoms with Crippen molar-refractivity contribution in [2.24, 2.45) is 11.3 Å². The van der Waals surface area contributed by atoms with Gasteiger partial charge in [0, 0.05) is 68.1 Å². The Kier molecular flexibility index (Phi) is 13.1. The number of sulfonamides is 1. The van der Waals surface area contributed by atoms with Crippen molar-refractivity contribution in [3.05, 3.63) is 106 Å². The van der Waals surface area contributed by atoms with Crippen molar-refractivity contribution in [3.63, 3.8) is 0 Å². The number of likely N-dealkylation sites (tertiary alicyclic amines) is 1. The molecule has 0 unspecified atom stereocenters. The summed E-state index contributed by atoms with van der Waals surface area (Å²) in [5, 5.41) is 26.7. The van der Waals surface area contributed by atoms with Crippen LogP contribution in [0, 0.1) is 21.4 Å². The lowest BCUT2D eigenvalue weighted by Crippen LogP contribution is -2.59. The molecule has 6 heterocycles. The Morgan fingerprint density at radius 1 is 0.973 bits per heavy atom. The summed E-state index contributed by atoms with van der Waals surface area (Å²) in [4.78, 5) is 40.4. The number of nitro groups is 1. The lowest BCUT2D eigenvalue weighted by molar-refractivity contribution is -0.384. The van der Waals surface area contributed by atoms with Crippen molar-refractivity contribution < 1.29 is 41.5 Å². The van der Waals surface area contributed by atoms with E-state index in [-0.39, 0.29) is 66.2 Å². The summed E-state index contributed by atoms with van der Waals surface area (Å²) in [6, 6.07) is 20.8. The molecule has 1 spiro atoms. The number of amides is 1. The number of aromatic nitrogens is 2. The third-order valence-electron chi connectivity index (χ3n) is 17.1. The number of nitrogens with one attached hydrogen (secondary N) is 3. The number of benzene rings is 3. The lowest BCUT2D eigenvalue weighted by Gasteiger charge is -2.58. The van der Waals surface area contributed by atoms with Crippen LogP contribution < -0.4 is 24.6 Å². The molecule has 2 aromatic heterocycles. The first-order valence-corrected chi connectivity index (χ1v) is 27.8. The van der Waals surface area contributed by atoms with Gasteiger partial charge in [0.25, 0.3) is 27.5 Å². The smallest absolute Gasteiger partial charge is 0.293 e. The van der Waals surface area contributed by atoms with Gasteiger partial charge in [-0.25, -0.2) is 21.9 Å². The number of alkyl halides is 2. The van der Waals surface area contributed by atoms with E-state index in [2.05, 4.69) is 50.8 Å². The second-order valence-electron chi connectivity index (χ2n) is 22.5. The van der Waals surface area contributed by atoms with Gasteiger partial charge >= 0.3 is 0 Å². The maximum Gasteiger partial charge on any atom is 0.293 e. The summed E-state index contributed by atoms with van der Waals surface area (Å²) in [7, 11) is -4.66. The van der Waals surface area contributed by atoms with E-state index in [1.807, 2.05) is 41.3 Å². The van der Waals surface area contributed by atoms with Crippen LogP contribution in [0.5, 0.6) is 5.88 Å². The molecule has 1 amide bonds. The van der Waals surface area contributed by atoms with Crippen LogP contribution in [-0.4, -0.2) is 108 Å². The van der Waals surface area contributed by atoms with E-state index in [1.54, 1.807) is 19.2 Å². The maximum atomic E-state index is 15.2. The predicted molar refractivity (Wildman–Crippen MR) is 278 cm³/mol. The molecule has 4 N–H and O–H groups in total. The van der Waals surface area contributed by atoms with Crippen LogP contribution in [0.25, 0.3) is 11.0 Å². The number of H-pyrrole nitrogens is 1. The van der Waals surface area contributed by atoms with E-state index in [1.165, 1.54) is 17.7 Å². The molecule has 3 atom stereocenters.